The Balaban J connectivity index is 2.77. The van der Waals surface area contributed by atoms with Gasteiger partial charge in [-0.2, -0.15) is 0 Å². The maximum Gasteiger partial charge on any atom is 0.374 e. The predicted molar refractivity (Wildman–Crippen MR) is 49.4 cm³/mol. The van der Waals surface area contributed by atoms with E-state index in [1.54, 1.807) is 11.4 Å². The molecule has 1 N–H and O–H groups in total. The molecule has 4 nitrogen and oxygen atoms in total. The van der Waals surface area contributed by atoms with E-state index in [4.69, 9.17) is 16.7 Å². The third-order valence-electron chi connectivity index (χ3n) is 1.45. The summed E-state index contributed by atoms with van der Waals surface area (Å²) in [7, 11) is 0. The van der Waals surface area contributed by atoms with Crippen molar-refractivity contribution >= 4 is 39.1 Å². The van der Waals surface area contributed by atoms with Crippen LogP contribution in [0, 0.1) is 0 Å². The van der Waals surface area contributed by atoms with Crippen LogP contribution in [0.15, 0.2) is 11.4 Å². The van der Waals surface area contributed by atoms with Crippen molar-refractivity contribution in [2.45, 2.75) is 0 Å². The fourth-order valence-corrected chi connectivity index (χ4v) is 1.94. The molecule has 2 heterocycles. The second kappa shape index (κ2) is 2.93. The summed E-state index contributed by atoms with van der Waals surface area (Å²) in [6.45, 7) is 0. The Morgan fingerprint density at radius 2 is 2.31 bits per heavy atom. The van der Waals surface area contributed by atoms with Crippen molar-refractivity contribution in [3.05, 3.63) is 22.4 Å². The molecule has 0 aliphatic carbocycles. The van der Waals surface area contributed by atoms with Crippen LogP contribution in [0.2, 0.25) is 5.15 Å². The lowest BCUT2D eigenvalue weighted by Crippen LogP contribution is -2.03. The van der Waals surface area contributed by atoms with Crippen molar-refractivity contribution in [3.63, 3.8) is 0 Å². The van der Waals surface area contributed by atoms with Crippen LogP contribution >= 0.6 is 22.9 Å². The molecule has 2 rings (SSSR count). The van der Waals surface area contributed by atoms with E-state index in [9.17, 15) is 4.79 Å². The van der Waals surface area contributed by atoms with Crippen LogP contribution in [0.5, 0.6) is 0 Å². The largest absolute Gasteiger partial charge is 0.475 e. The minimum absolute atomic E-state index is 0.192. The summed E-state index contributed by atoms with van der Waals surface area (Å²) >= 11 is 7.13. The number of aromatic nitrogens is 2. The van der Waals surface area contributed by atoms with Crippen LogP contribution in [-0.4, -0.2) is 21.0 Å². The van der Waals surface area contributed by atoms with Crippen LogP contribution in [-0.2, 0) is 0 Å². The molecule has 0 spiro atoms. The molecule has 66 valence electrons. The zero-order valence-electron chi connectivity index (χ0n) is 6.19. The van der Waals surface area contributed by atoms with Crippen molar-refractivity contribution in [2.24, 2.45) is 0 Å². The summed E-state index contributed by atoms with van der Waals surface area (Å²) in [5, 5.41) is 10.6. The van der Waals surface area contributed by atoms with Crippen LogP contribution < -0.4 is 0 Å². The van der Waals surface area contributed by atoms with Gasteiger partial charge >= 0.3 is 5.97 Å². The van der Waals surface area contributed by atoms with E-state index in [1.165, 1.54) is 11.3 Å². The molecule has 13 heavy (non-hydrogen) atoms. The summed E-state index contributed by atoms with van der Waals surface area (Å²) in [6.07, 6.45) is 0. The van der Waals surface area contributed by atoms with Gasteiger partial charge in [-0.25, -0.2) is 14.8 Å². The maximum atomic E-state index is 10.5. The summed E-state index contributed by atoms with van der Waals surface area (Å²) in [4.78, 5) is 18.0. The first-order valence-electron chi connectivity index (χ1n) is 3.32. The van der Waals surface area contributed by atoms with E-state index in [0.29, 0.717) is 10.2 Å². The highest BCUT2D eigenvalue weighted by Gasteiger charge is 2.11. The van der Waals surface area contributed by atoms with Crippen LogP contribution in [0.4, 0.5) is 0 Å². The average Bonchev–Trinajstić information content (AvgIpc) is 2.51. The number of carboxylic acids is 1. The van der Waals surface area contributed by atoms with E-state index in [-0.39, 0.29) is 11.0 Å². The quantitative estimate of drug-likeness (QED) is 0.738. The van der Waals surface area contributed by atoms with E-state index in [1.807, 2.05) is 0 Å². The summed E-state index contributed by atoms with van der Waals surface area (Å²) in [5.41, 5.74) is 0.572. The Bertz CT molecular complexity index is 482. The minimum Gasteiger partial charge on any atom is -0.475 e. The molecule has 0 fully saturated rings. The van der Waals surface area contributed by atoms with Crippen molar-refractivity contribution in [3.8, 4) is 0 Å². The van der Waals surface area contributed by atoms with E-state index in [2.05, 4.69) is 9.97 Å². The molecule has 0 saturated carbocycles. The van der Waals surface area contributed by atoms with Gasteiger partial charge in [0.2, 0.25) is 5.82 Å². The zero-order chi connectivity index (χ0) is 9.42. The van der Waals surface area contributed by atoms with Crippen LogP contribution in [0.3, 0.4) is 0 Å². The lowest BCUT2D eigenvalue weighted by Gasteiger charge is -1.95. The molecule has 0 aliphatic rings. The van der Waals surface area contributed by atoms with Gasteiger partial charge in [-0.05, 0) is 11.4 Å². The first-order chi connectivity index (χ1) is 6.18. The lowest BCUT2D eigenvalue weighted by atomic mass is 10.4. The fraction of sp³-hybridized carbons (Fsp3) is 0. The molecule has 0 bridgehead atoms. The van der Waals surface area contributed by atoms with Crippen molar-refractivity contribution in [1.29, 1.82) is 0 Å². The van der Waals surface area contributed by atoms with E-state index >= 15 is 0 Å². The minimum atomic E-state index is -1.17. The number of hydrogen-bond donors (Lipinski definition) is 1. The average molecular weight is 215 g/mol. The van der Waals surface area contributed by atoms with Gasteiger partial charge in [0.25, 0.3) is 0 Å². The number of nitrogens with zero attached hydrogens (tertiary/aromatic N) is 2. The Morgan fingerprint density at radius 3 is 3.00 bits per heavy atom. The Hall–Kier alpha value is -1.20. The zero-order valence-corrected chi connectivity index (χ0v) is 7.76. The molecule has 0 unspecified atom stereocenters. The maximum absolute atomic E-state index is 10.5. The monoisotopic (exact) mass is 214 g/mol. The molecule has 0 amide bonds. The number of halogens is 1. The molecular formula is C7H3ClN2O2S. The smallest absolute Gasteiger partial charge is 0.374 e. The van der Waals surface area contributed by atoms with Gasteiger partial charge in [0, 0.05) is 0 Å². The van der Waals surface area contributed by atoms with Gasteiger partial charge in [0.05, 0.1) is 10.2 Å². The number of thiophene rings is 1. The molecule has 0 radical (unpaired) electrons. The standard InChI is InChI=1S/C7H3ClN2O2S/c8-5-4-3(1-2-13-4)9-6(10-5)7(11)12/h1-2H,(H,11,12). The normalized spacial score (nSPS) is 10.5. The topological polar surface area (TPSA) is 63.1 Å². The SMILES string of the molecule is O=C(O)c1nc(Cl)c2sccc2n1. The van der Waals surface area contributed by atoms with Crippen molar-refractivity contribution in [1.82, 2.24) is 9.97 Å². The lowest BCUT2D eigenvalue weighted by molar-refractivity contribution is 0.0684. The fourth-order valence-electron chi connectivity index (χ4n) is 0.923. The number of fused-ring (bicyclic) bond motifs is 1. The second-order valence-electron chi connectivity index (χ2n) is 2.28. The number of carbonyl (C=O) groups is 1. The summed E-state index contributed by atoms with van der Waals surface area (Å²) < 4.78 is 0.715. The highest BCUT2D eigenvalue weighted by atomic mass is 35.5. The molecule has 0 saturated heterocycles. The Morgan fingerprint density at radius 1 is 1.54 bits per heavy atom. The molecule has 6 heteroatoms. The van der Waals surface area contributed by atoms with Gasteiger partial charge in [-0.1, -0.05) is 11.6 Å². The molecule has 0 aromatic carbocycles. The highest BCUT2D eigenvalue weighted by Crippen LogP contribution is 2.25. The third-order valence-corrected chi connectivity index (χ3v) is 2.75. The van der Waals surface area contributed by atoms with Gasteiger partial charge in [0.1, 0.15) is 0 Å². The number of hydrogen-bond acceptors (Lipinski definition) is 4. The van der Waals surface area contributed by atoms with Crippen LogP contribution in [0.25, 0.3) is 10.2 Å². The molecule has 0 atom stereocenters. The molecule has 2 aromatic heterocycles. The number of rotatable bonds is 1. The van der Waals surface area contributed by atoms with Gasteiger partial charge in [-0.3, -0.25) is 0 Å². The Labute approximate surface area is 81.8 Å². The molecule has 0 aliphatic heterocycles. The third kappa shape index (κ3) is 1.36. The predicted octanol–water partition coefficient (Wildman–Crippen LogP) is 2.04. The Kier molecular flexibility index (Phi) is 1.90. The van der Waals surface area contributed by atoms with Crippen molar-refractivity contribution < 1.29 is 9.90 Å². The number of aromatic carboxylic acids is 1. The van der Waals surface area contributed by atoms with Gasteiger partial charge in [0.15, 0.2) is 5.15 Å². The molecule has 2 aromatic rings. The first-order valence-corrected chi connectivity index (χ1v) is 4.58. The van der Waals surface area contributed by atoms with E-state index in [0.717, 1.165) is 0 Å². The molecular weight excluding hydrogens is 212 g/mol. The van der Waals surface area contributed by atoms with E-state index < -0.39 is 5.97 Å². The van der Waals surface area contributed by atoms with Crippen molar-refractivity contribution in [2.75, 3.05) is 0 Å². The first kappa shape index (κ1) is 8.40. The second-order valence-corrected chi connectivity index (χ2v) is 3.55. The summed E-state index contributed by atoms with van der Waals surface area (Å²) in [6, 6.07) is 1.71. The highest BCUT2D eigenvalue weighted by molar-refractivity contribution is 7.17. The van der Waals surface area contributed by atoms with Gasteiger partial charge < -0.3 is 5.11 Å². The van der Waals surface area contributed by atoms with Gasteiger partial charge in [-0.15, -0.1) is 11.3 Å². The number of carboxylic acid groups (broad SMARTS) is 1. The van der Waals surface area contributed by atoms with Crippen LogP contribution in [0.1, 0.15) is 10.6 Å². The summed E-state index contributed by atoms with van der Waals surface area (Å²) in [5.74, 6) is -1.44.